The normalized spacial score (nSPS) is 13.1. The van der Waals surface area contributed by atoms with Crippen LogP contribution in [0.2, 0.25) is 5.02 Å². The van der Waals surface area contributed by atoms with Crippen molar-refractivity contribution in [3.63, 3.8) is 0 Å². The summed E-state index contributed by atoms with van der Waals surface area (Å²) in [6.07, 6.45) is 1.01. The highest BCUT2D eigenvalue weighted by Crippen LogP contribution is 2.26. The Bertz CT molecular complexity index is 639. The van der Waals surface area contributed by atoms with Gasteiger partial charge in [-0.2, -0.15) is 0 Å². The molecule has 1 heterocycles. The highest BCUT2D eigenvalue weighted by Gasteiger charge is 2.20. The maximum absolute atomic E-state index is 12.1. The number of anilines is 1. The van der Waals surface area contributed by atoms with Gasteiger partial charge in [-0.05, 0) is 35.7 Å². The Kier molecular flexibility index (Phi) is 4.11. The molecule has 0 spiro atoms. The second-order valence-corrected chi connectivity index (χ2v) is 5.64. The quantitative estimate of drug-likeness (QED) is 0.941. The number of carbonyl (C=O) groups excluding carboxylic acids is 1. The minimum absolute atomic E-state index is 0.0432. The second kappa shape index (κ2) is 6.19. The van der Waals surface area contributed by atoms with Gasteiger partial charge in [0.25, 0.3) is 0 Å². The largest absolute Gasteiger partial charge is 0.362 e. The molecule has 3 nitrogen and oxygen atoms in total. The third-order valence-corrected chi connectivity index (χ3v) is 3.97. The number of halogens is 1. The van der Waals surface area contributed by atoms with Crippen LogP contribution in [0.5, 0.6) is 0 Å². The predicted octanol–water partition coefficient (Wildman–Crippen LogP) is 3.02. The Morgan fingerprint density at radius 2 is 1.90 bits per heavy atom. The van der Waals surface area contributed by atoms with Crippen LogP contribution in [0.1, 0.15) is 11.1 Å². The molecule has 1 N–H and O–H groups in total. The molecule has 3 rings (SSSR count). The van der Waals surface area contributed by atoms with Gasteiger partial charge in [-0.1, -0.05) is 41.9 Å². The van der Waals surface area contributed by atoms with Gasteiger partial charge in [0.1, 0.15) is 0 Å². The van der Waals surface area contributed by atoms with Gasteiger partial charge in [0.2, 0.25) is 5.91 Å². The minimum Gasteiger partial charge on any atom is -0.362 e. The first-order chi connectivity index (χ1) is 10.2. The standard InChI is InChI=1S/C17H17ClN2O/c18-15-7-5-13(6-8-15)11-19-17(21)12-20-10-9-14-3-1-2-4-16(14)20/h1-8H,9-12H2,(H,19,21). The Labute approximate surface area is 129 Å². The van der Waals surface area contributed by atoms with Crippen LogP contribution >= 0.6 is 11.6 Å². The molecule has 1 amide bonds. The summed E-state index contributed by atoms with van der Waals surface area (Å²) in [5, 5.41) is 3.66. The topological polar surface area (TPSA) is 32.3 Å². The summed E-state index contributed by atoms with van der Waals surface area (Å²) in [7, 11) is 0. The molecule has 1 aliphatic heterocycles. The van der Waals surface area contributed by atoms with Gasteiger partial charge in [-0.3, -0.25) is 4.79 Å². The molecular formula is C17H17ClN2O. The summed E-state index contributed by atoms with van der Waals surface area (Å²) < 4.78 is 0. The van der Waals surface area contributed by atoms with E-state index in [1.54, 1.807) is 0 Å². The number of benzene rings is 2. The summed E-state index contributed by atoms with van der Waals surface area (Å²) in [5.74, 6) is 0.0432. The van der Waals surface area contributed by atoms with E-state index < -0.39 is 0 Å². The van der Waals surface area contributed by atoms with Crippen LogP contribution < -0.4 is 10.2 Å². The fourth-order valence-corrected chi connectivity index (χ4v) is 2.73. The maximum atomic E-state index is 12.1. The zero-order valence-corrected chi connectivity index (χ0v) is 12.4. The molecule has 0 atom stereocenters. The first-order valence-corrected chi connectivity index (χ1v) is 7.44. The number of para-hydroxylation sites is 1. The monoisotopic (exact) mass is 300 g/mol. The smallest absolute Gasteiger partial charge is 0.239 e. The van der Waals surface area contributed by atoms with Crippen molar-refractivity contribution in [1.82, 2.24) is 5.32 Å². The van der Waals surface area contributed by atoms with Crippen molar-refractivity contribution in [2.75, 3.05) is 18.0 Å². The van der Waals surface area contributed by atoms with E-state index in [1.165, 1.54) is 11.3 Å². The van der Waals surface area contributed by atoms with Crippen molar-refractivity contribution in [3.8, 4) is 0 Å². The fraction of sp³-hybridized carbons (Fsp3) is 0.235. The number of nitrogens with zero attached hydrogens (tertiary/aromatic N) is 1. The Morgan fingerprint density at radius 1 is 1.14 bits per heavy atom. The van der Waals surface area contributed by atoms with Crippen molar-refractivity contribution < 1.29 is 4.79 Å². The summed E-state index contributed by atoms with van der Waals surface area (Å²) >= 11 is 5.84. The third kappa shape index (κ3) is 3.37. The maximum Gasteiger partial charge on any atom is 0.239 e. The molecule has 0 radical (unpaired) electrons. The van der Waals surface area contributed by atoms with Crippen molar-refractivity contribution in [3.05, 3.63) is 64.7 Å². The average molecular weight is 301 g/mol. The second-order valence-electron chi connectivity index (χ2n) is 5.20. The number of amides is 1. The molecule has 0 bridgehead atoms. The Hall–Kier alpha value is -2.00. The Morgan fingerprint density at radius 3 is 2.71 bits per heavy atom. The van der Waals surface area contributed by atoms with E-state index in [4.69, 9.17) is 11.6 Å². The molecule has 0 saturated carbocycles. The molecule has 21 heavy (non-hydrogen) atoms. The highest BCUT2D eigenvalue weighted by atomic mass is 35.5. The summed E-state index contributed by atoms with van der Waals surface area (Å²) in [5.41, 5.74) is 3.55. The molecule has 0 fully saturated rings. The average Bonchev–Trinajstić information content (AvgIpc) is 2.90. The predicted molar refractivity (Wildman–Crippen MR) is 85.7 cm³/mol. The van der Waals surface area contributed by atoms with Crippen molar-refractivity contribution in [1.29, 1.82) is 0 Å². The van der Waals surface area contributed by atoms with Gasteiger partial charge >= 0.3 is 0 Å². The van der Waals surface area contributed by atoms with E-state index >= 15 is 0 Å². The van der Waals surface area contributed by atoms with Crippen molar-refractivity contribution in [2.45, 2.75) is 13.0 Å². The van der Waals surface area contributed by atoms with Crippen molar-refractivity contribution >= 4 is 23.2 Å². The van der Waals surface area contributed by atoms with Gasteiger partial charge in [-0.25, -0.2) is 0 Å². The van der Waals surface area contributed by atoms with Crippen LogP contribution in [-0.2, 0) is 17.8 Å². The number of carbonyl (C=O) groups is 1. The number of fused-ring (bicyclic) bond motifs is 1. The van der Waals surface area contributed by atoms with Gasteiger partial charge in [0.15, 0.2) is 0 Å². The molecule has 0 saturated heterocycles. The molecule has 2 aromatic rings. The lowest BCUT2D eigenvalue weighted by atomic mass is 10.2. The minimum atomic E-state index is 0.0432. The first kappa shape index (κ1) is 14.0. The number of hydrogen-bond donors (Lipinski definition) is 1. The van der Waals surface area contributed by atoms with Gasteiger partial charge in [0, 0.05) is 23.8 Å². The zero-order valence-electron chi connectivity index (χ0n) is 11.7. The molecule has 2 aromatic carbocycles. The number of rotatable bonds is 4. The lowest BCUT2D eigenvalue weighted by Crippen LogP contribution is -2.36. The SMILES string of the molecule is O=C(CN1CCc2ccccc21)NCc1ccc(Cl)cc1. The first-order valence-electron chi connectivity index (χ1n) is 7.06. The molecular weight excluding hydrogens is 284 g/mol. The highest BCUT2D eigenvalue weighted by molar-refractivity contribution is 6.30. The van der Waals surface area contributed by atoms with E-state index in [0.29, 0.717) is 18.1 Å². The van der Waals surface area contributed by atoms with Gasteiger partial charge in [-0.15, -0.1) is 0 Å². The lowest BCUT2D eigenvalue weighted by molar-refractivity contribution is -0.119. The Balaban J connectivity index is 1.54. The van der Waals surface area contributed by atoms with Crippen LogP contribution in [0.3, 0.4) is 0 Å². The van der Waals surface area contributed by atoms with Crippen LogP contribution in [-0.4, -0.2) is 19.0 Å². The van der Waals surface area contributed by atoms with Crippen LogP contribution in [0.25, 0.3) is 0 Å². The zero-order chi connectivity index (χ0) is 14.7. The van der Waals surface area contributed by atoms with E-state index in [2.05, 4.69) is 22.3 Å². The lowest BCUT2D eigenvalue weighted by Gasteiger charge is -2.18. The summed E-state index contributed by atoms with van der Waals surface area (Å²) in [4.78, 5) is 14.2. The molecule has 0 unspecified atom stereocenters. The van der Waals surface area contributed by atoms with Gasteiger partial charge in [0.05, 0.1) is 6.54 Å². The van der Waals surface area contributed by atoms with Crippen LogP contribution in [0.15, 0.2) is 48.5 Å². The van der Waals surface area contributed by atoms with E-state index in [0.717, 1.165) is 18.5 Å². The molecule has 0 aliphatic carbocycles. The molecule has 0 aromatic heterocycles. The molecule has 1 aliphatic rings. The van der Waals surface area contributed by atoms with E-state index in [-0.39, 0.29) is 5.91 Å². The van der Waals surface area contributed by atoms with Crippen LogP contribution in [0, 0.1) is 0 Å². The molecule has 108 valence electrons. The van der Waals surface area contributed by atoms with E-state index in [1.807, 2.05) is 36.4 Å². The number of nitrogens with one attached hydrogen (secondary N) is 1. The fourth-order valence-electron chi connectivity index (χ4n) is 2.60. The van der Waals surface area contributed by atoms with Gasteiger partial charge < -0.3 is 10.2 Å². The summed E-state index contributed by atoms with van der Waals surface area (Å²) in [6.45, 7) is 1.85. The summed E-state index contributed by atoms with van der Waals surface area (Å²) in [6, 6.07) is 15.8. The van der Waals surface area contributed by atoms with Crippen LogP contribution in [0.4, 0.5) is 5.69 Å². The van der Waals surface area contributed by atoms with Crippen molar-refractivity contribution in [2.24, 2.45) is 0 Å². The van der Waals surface area contributed by atoms with E-state index in [9.17, 15) is 4.79 Å². The number of hydrogen-bond acceptors (Lipinski definition) is 2. The molecule has 4 heteroatoms. The third-order valence-electron chi connectivity index (χ3n) is 3.72.